The zero-order chi connectivity index (χ0) is 13.7. The SMILES string of the molecule is COc1ccc(C(=O)Sc2ccccc2)c(OC)c1. The zero-order valence-electron chi connectivity index (χ0n) is 10.8. The number of hydrogen-bond donors (Lipinski definition) is 0. The molecule has 3 nitrogen and oxygen atoms in total. The summed E-state index contributed by atoms with van der Waals surface area (Å²) in [7, 11) is 3.12. The summed E-state index contributed by atoms with van der Waals surface area (Å²) in [6.45, 7) is 0. The molecule has 0 heterocycles. The normalized spacial score (nSPS) is 10.0. The van der Waals surface area contributed by atoms with Gasteiger partial charge in [0.05, 0.1) is 19.8 Å². The van der Waals surface area contributed by atoms with E-state index in [0.29, 0.717) is 17.1 Å². The van der Waals surface area contributed by atoms with Crippen molar-refractivity contribution < 1.29 is 14.3 Å². The molecule has 0 saturated carbocycles. The first-order valence-corrected chi connectivity index (χ1v) is 6.55. The number of benzene rings is 2. The number of carbonyl (C=O) groups is 1. The summed E-state index contributed by atoms with van der Waals surface area (Å²) in [5.74, 6) is 1.19. The van der Waals surface area contributed by atoms with Gasteiger partial charge in [-0.25, -0.2) is 0 Å². The van der Waals surface area contributed by atoms with E-state index in [-0.39, 0.29) is 5.12 Å². The fraction of sp³-hybridized carbons (Fsp3) is 0.133. The molecule has 0 fully saturated rings. The van der Waals surface area contributed by atoms with E-state index >= 15 is 0 Å². The van der Waals surface area contributed by atoms with E-state index < -0.39 is 0 Å². The monoisotopic (exact) mass is 274 g/mol. The Bertz CT molecular complexity index is 567. The Balaban J connectivity index is 2.24. The van der Waals surface area contributed by atoms with Gasteiger partial charge in [0.15, 0.2) is 0 Å². The lowest BCUT2D eigenvalue weighted by Crippen LogP contribution is -1.98. The Labute approximate surface area is 116 Å². The lowest BCUT2D eigenvalue weighted by Gasteiger charge is -2.09. The average Bonchev–Trinajstić information content (AvgIpc) is 2.47. The predicted octanol–water partition coefficient (Wildman–Crippen LogP) is 3.64. The highest BCUT2D eigenvalue weighted by Crippen LogP contribution is 2.30. The van der Waals surface area contributed by atoms with Crippen LogP contribution >= 0.6 is 11.8 Å². The Hall–Kier alpha value is -1.94. The number of hydrogen-bond acceptors (Lipinski definition) is 4. The molecular formula is C15H14O3S. The van der Waals surface area contributed by atoms with Gasteiger partial charge in [0.25, 0.3) is 0 Å². The molecule has 0 amide bonds. The Morgan fingerprint density at radius 1 is 1.00 bits per heavy atom. The summed E-state index contributed by atoms with van der Waals surface area (Å²) < 4.78 is 10.3. The minimum atomic E-state index is -0.0503. The Morgan fingerprint density at radius 2 is 1.74 bits per heavy atom. The minimum Gasteiger partial charge on any atom is -0.497 e. The molecule has 0 aliphatic carbocycles. The van der Waals surface area contributed by atoms with Crippen LogP contribution in [-0.4, -0.2) is 19.3 Å². The molecule has 2 aromatic rings. The largest absolute Gasteiger partial charge is 0.497 e. The van der Waals surface area contributed by atoms with Gasteiger partial charge in [-0.15, -0.1) is 0 Å². The van der Waals surface area contributed by atoms with Crippen LogP contribution in [0.1, 0.15) is 10.4 Å². The molecule has 0 N–H and O–H groups in total. The molecule has 2 aromatic carbocycles. The van der Waals surface area contributed by atoms with Gasteiger partial charge in [-0.2, -0.15) is 0 Å². The molecule has 0 bridgehead atoms. The van der Waals surface area contributed by atoms with Gasteiger partial charge in [0, 0.05) is 11.0 Å². The Kier molecular flexibility index (Phi) is 4.47. The van der Waals surface area contributed by atoms with Gasteiger partial charge in [-0.1, -0.05) is 18.2 Å². The van der Waals surface area contributed by atoms with Gasteiger partial charge in [-0.05, 0) is 36.0 Å². The maximum absolute atomic E-state index is 12.2. The molecule has 0 spiro atoms. The number of methoxy groups -OCH3 is 2. The second-order valence-electron chi connectivity index (χ2n) is 3.77. The highest BCUT2D eigenvalue weighted by atomic mass is 32.2. The first-order valence-electron chi connectivity index (χ1n) is 5.74. The molecular weight excluding hydrogens is 260 g/mol. The van der Waals surface area contributed by atoms with E-state index in [1.165, 1.54) is 11.8 Å². The standard InChI is InChI=1S/C15H14O3S/c1-17-11-8-9-13(14(10-11)18-2)15(16)19-12-6-4-3-5-7-12/h3-10H,1-2H3. The van der Waals surface area contributed by atoms with Crippen molar-refractivity contribution in [2.45, 2.75) is 4.90 Å². The fourth-order valence-corrected chi connectivity index (χ4v) is 2.40. The second-order valence-corrected chi connectivity index (χ2v) is 4.82. The lowest BCUT2D eigenvalue weighted by atomic mass is 10.2. The van der Waals surface area contributed by atoms with Crippen LogP contribution in [0, 0.1) is 0 Å². The number of carbonyl (C=O) groups excluding carboxylic acids is 1. The van der Waals surface area contributed by atoms with E-state index in [9.17, 15) is 4.79 Å². The van der Waals surface area contributed by atoms with Crippen LogP contribution in [0.25, 0.3) is 0 Å². The Morgan fingerprint density at radius 3 is 2.37 bits per heavy atom. The van der Waals surface area contributed by atoms with Crippen LogP contribution in [-0.2, 0) is 0 Å². The fourth-order valence-electron chi connectivity index (χ4n) is 1.62. The quantitative estimate of drug-likeness (QED) is 0.797. The molecule has 0 aliphatic heterocycles. The van der Waals surface area contributed by atoms with Gasteiger partial charge < -0.3 is 9.47 Å². The van der Waals surface area contributed by atoms with Crippen molar-refractivity contribution in [2.24, 2.45) is 0 Å². The van der Waals surface area contributed by atoms with Crippen LogP contribution in [0.2, 0.25) is 0 Å². The second kappa shape index (κ2) is 6.29. The van der Waals surface area contributed by atoms with Gasteiger partial charge in [0.2, 0.25) is 5.12 Å². The first kappa shape index (κ1) is 13.5. The third-order valence-electron chi connectivity index (χ3n) is 2.58. The van der Waals surface area contributed by atoms with Crippen molar-refractivity contribution in [1.29, 1.82) is 0 Å². The molecule has 4 heteroatoms. The molecule has 0 atom stereocenters. The summed E-state index contributed by atoms with van der Waals surface area (Å²) in [6.07, 6.45) is 0. The number of ether oxygens (including phenoxy) is 2. The molecule has 19 heavy (non-hydrogen) atoms. The molecule has 0 aliphatic rings. The van der Waals surface area contributed by atoms with Crippen molar-refractivity contribution >= 4 is 16.9 Å². The number of thioether (sulfide) groups is 1. The molecule has 0 saturated heterocycles. The smallest absolute Gasteiger partial charge is 0.227 e. The summed E-state index contributed by atoms with van der Waals surface area (Å²) in [6, 6.07) is 14.7. The van der Waals surface area contributed by atoms with Crippen molar-refractivity contribution in [3.63, 3.8) is 0 Å². The van der Waals surface area contributed by atoms with E-state index in [4.69, 9.17) is 9.47 Å². The maximum Gasteiger partial charge on any atom is 0.227 e. The van der Waals surface area contributed by atoms with Crippen LogP contribution in [0.15, 0.2) is 53.4 Å². The van der Waals surface area contributed by atoms with Crippen molar-refractivity contribution in [3.8, 4) is 11.5 Å². The predicted molar refractivity (Wildman–Crippen MR) is 76.2 cm³/mol. The highest BCUT2D eigenvalue weighted by Gasteiger charge is 2.14. The highest BCUT2D eigenvalue weighted by molar-refractivity contribution is 8.14. The topological polar surface area (TPSA) is 35.5 Å². The van der Waals surface area contributed by atoms with E-state index in [1.807, 2.05) is 30.3 Å². The third kappa shape index (κ3) is 3.29. The summed E-state index contributed by atoms with van der Waals surface area (Å²) in [5, 5.41) is -0.0503. The van der Waals surface area contributed by atoms with Gasteiger partial charge >= 0.3 is 0 Å². The lowest BCUT2D eigenvalue weighted by molar-refractivity contribution is 0.108. The van der Waals surface area contributed by atoms with Crippen LogP contribution in [0.3, 0.4) is 0 Å². The van der Waals surface area contributed by atoms with E-state index in [1.54, 1.807) is 32.4 Å². The summed E-state index contributed by atoms with van der Waals surface area (Å²) in [4.78, 5) is 13.1. The number of rotatable bonds is 4. The van der Waals surface area contributed by atoms with Crippen molar-refractivity contribution in [3.05, 3.63) is 54.1 Å². The minimum absolute atomic E-state index is 0.0503. The molecule has 2 rings (SSSR count). The van der Waals surface area contributed by atoms with Crippen LogP contribution in [0.5, 0.6) is 11.5 Å². The van der Waals surface area contributed by atoms with Crippen molar-refractivity contribution in [2.75, 3.05) is 14.2 Å². The van der Waals surface area contributed by atoms with E-state index in [2.05, 4.69) is 0 Å². The summed E-state index contributed by atoms with van der Waals surface area (Å²) in [5.41, 5.74) is 0.539. The van der Waals surface area contributed by atoms with E-state index in [0.717, 1.165) is 4.90 Å². The van der Waals surface area contributed by atoms with Crippen LogP contribution < -0.4 is 9.47 Å². The van der Waals surface area contributed by atoms with Crippen LogP contribution in [0.4, 0.5) is 0 Å². The maximum atomic E-state index is 12.2. The van der Waals surface area contributed by atoms with Gasteiger partial charge in [0.1, 0.15) is 11.5 Å². The molecule has 98 valence electrons. The van der Waals surface area contributed by atoms with Crippen molar-refractivity contribution in [1.82, 2.24) is 0 Å². The molecule has 0 radical (unpaired) electrons. The zero-order valence-corrected chi connectivity index (χ0v) is 11.6. The third-order valence-corrected chi connectivity index (χ3v) is 3.50. The average molecular weight is 274 g/mol. The first-order chi connectivity index (χ1) is 9.24. The molecule has 0 unspecified atom stereocenters. The molecule has 0 aromatic heterocycles. The summed E-state index contributed by atoms with van der Waals surface area (Å²) >= 11 is 1.18. The van der Waals surface area contributed by atoms with Gasteiger partial charge in [-0.3, -0.25) is 4.79 Å².